The molecule has 0 amide bonds. The Morgan fingerprint density at radius 1 is 0.941 bits per heavy atom. The number of hydrogen-bond acceptors (Lipinski definition) is 6. The molecule has 4 aromatic rings. The summed E-state index contributed by atoms with van der Waals surface area (Å²) in [5.74, 6) is 1.83. The number of nitrogens with one attached hydrogen (secondary N) is 1. The van der Waals surface area contributed by atoms with Gasteiger partial charge in [-0.2, -0.15) is 0 Å². The van der Waals surface area contributed by atoms with Gasteiger partial charge in [-0.1, -0.05) is 30.3 Å². The molecule has 0 unspecified atom stereocenters. The zero-order valence-electron chi connectivity index (χ0n) is 20.0. The number of hydrogen-bond donors (Lipinski definition) is 1. The van der Waals surface area contributed by atoms with Crippen LogP contribution in [0.25, 0.3) is 16.9 Å². The van der Waals surface area contributed by atoms with Gasteiger partial charge in [-0.3, -0.25) is 9.30 Å². The molecule has 1 N–H and O–H groups in total. The molecule has 2 aliphatic rings. The van der Waals surface area contributed by atoms with Gasteiger partial charge in [-0.25, -0.2) is 15.0 Å². The largest absolute Gasteiger partial charge is 0.364 e. The number of imidazole rings is 1. The van der Waals surface area contributed by atoms with Crippen molar-refractivity contribution in [2.75, 3.05) is 23.3 Å². The molecule has 0 radical (unpaired) electrons. The number of aromatic nitrogens is 4. The first-order chi connectivity index (χ1) is 16.6. The second kappa shape index (κ2) is 8.40. The molecule has 3 atom stereocenters. The lowest BCUT2D eigenvalue weighted by Crippen LogP contribution is -2.49. The maximum Gasteiger partial charge on any atom is 0.212 e. The minimum atomic E-state index is 0.159. The molecule has 7 heteroatoms. The van der Waals surface area contributed by atoms with E-state index in [4.69, 9.17) is 4.98 Å². The summed E-state index contributed by atoms with van der Waals surface area (Å²) in [6, 6.07) is 18.5. The second-order valence-corrected chi connectivity index (χ2v) is 9.79. The standard InChI is InChI=1S/C27H31N7/c1-18(2)33-16-23-14-22(33)17-34(23)27-31-24(15-26-29-11-12-32(26)27)21-9-10-28-25(13-21)30-19(3)20-7-5-4-6-8-20/h4-13,15,18-19,22-23H,14,16-17H2,1-3H3,(H,28,30)/t19-,22-,23+/m0/s1. The monoisotopic (exact) mass is 453 g/mol. The van der Waals surface area contributed by atoms with E-state index < -0.39 is 0 Å². The van der Waals surface area contributed by atoms with Gasteiger partial charge in [0, 0.05) is 67.5 Å². The number of nitrogens with zero attached hydrogens (tertiary/aromatic N) is 6. The minimum Gasteiger partial charge on any atom is -0.364 e. The molecule has 2 bridgehead atoms. The van der Waals surface area contributed by atoms with Crippen LogP contribution in [-0.2, 0) is 0 Å². The number of benzene rings is 1. The summed E-state index contributed by atoms with van der Waals surface area (Å²) in [5, 5.41) is 3.53. The third-order valence-corrected chi connectivity index (χ3v) is 7.29. The summed E-state index contributed by atoms with van der Waals surface area (Å²) in [5.41, 5.74) is 4.12. The van der Waals surface area contributed by atoms with Crippen LogP contribution < -0.4 is 10.2 Å². The summed E-state index contributed by atoms with van der Waals surface area (Å²) in [6.45, 7) is 8.87. The predicted molar refractivity (Wildman–Crippen MR) is 136 cm³/mol. The van der Waals surface area contributed by atoms with Gasteiger partial charge in [0.15, 0.2) is 0 Å². The van der Waals surface area contributed by atoms with Crippen LogP contribution in [0.15, 0.2) is 67.1 Å². The summed E-state index contributed by atoms with van der Waals surface area (Å²) in [7, 11) is 0. The van der Waals surface area contributed by atoms with Crippen LogP contribution in [0.3, 0.4) is 0 Å². The summed E-state index contributed by atoms with van der Waals surface area (Å²) >= 11 is 0. The van der Waals surface area contributed by atoms with Crippen molar-refractivity contribution in [1.29, 1.82) is 0 Å². The van der Waals surface area contributed by atoms with E-state index >= 15 is 0 Å². The molecule has 2 fully saturated rings. The lowest BCUT2D eigenvalue weighted by Gasteiger charge is -2.37. The van der Waals surface area contributed by atoms with Crippen molar-refractivity contribution >= 4 is 17.4 Å². The highest BCUT2D eigenvalue weighted by atomic mass is 15.4. The van der Waals surface area contributed by atoms with E-state index in [2.05, 4.69) is 86.7 Å². The molecule has 0 aliphatic carbocycles. The Morgan fingerprint density at radius 2 is 1.79 bits per heavy atom. The fourth-order valence-electron chi connectivity index (χ4n) is 5.55. The van der Waals surface area contributed by atoms with Gasteiger partial charge in [0.2, 0.25) is 5.95 Å². The Balaban J connectivity index is 1.31. The van der Waals surface area contributed by atoms with Gasteiger partial charge in [-0.05, 0) is 44.9 Å². The van der Waals surface area contributed by atoms with Crippen molar-refractivity contribution in [3.63, 3.8) is 0 Å². The zero-order chi connectivity index (χ0) is 23.2. The van der Waals surface area contributed by atoms with E-state index in [-0.39, 0.29) is 6.04 Å². The van der Waals surface area contributed by atoms with Crippen LogP contribution in [-0.4, -0.2) is 55.5 Å². The van der Waals surface area contributed by atoms with E-state index in [1.165, 1.54) is 12.0 Å². The maximum absolute atomic E-state index is 5.17. The summed E-state index contributed by atoms with van der Waals surface area (Å²) in [6.07, 6.45) is 6.95. The number of rotatable bonds is 6. The van der Waals surface area contributed by atoms with Crippen LogP contribution in [0.5, 0.6) is 0 Å². The average molecular weight is 454 g/mol. The molecule has 3 aromatic heterocycles. The van der Waals surface area contributed by atoms with E-state index in [0.717, 1.165) is 41.8 Å². The molecule has 1 aromatic carbocycles. The van der Waals surface area contributed by atoms with Crippen LogP contribution in [0.1, 0.15) is 38.8 Å². The SMILES string of the molecule is CC(C)N1C[C@H]2C[C@H]1CN2c1nc(-c2ccnc(N[C@@H](C)c3ccccc3)c2)cc2nccn12. The van der Waals surface area contributed by atoms with Crippen LogP contribution in [0, 0.1) is 0 Å². The Hall–Kier alpha value is -3.45. The zero-order valence-corrected chi connectivity index (χ0v) is 20.0. The van der Waals surface area contributed by atoms with Gasteiger partial charge >= 0.3 is 0 Å². The third-order valence-electron chi connectivity index (χ3n) is 7.29. The summed E-state index contributed by atoms with van der Waals surface area (Å²) in [4.78, 5) is 19.5. The predicted octanol–water partition coefficient (Wildman–Crippen LogP) is 4.64. The molecular formula is C27H31N7. The van der Waals surface area contributed by atoms with Crippen LogP contribution >= 0.6 is 0 Å². The Labute approximate surface area is 200 Å². The number of anilines is 2. The van der Waals surface area contributed by atoms with Gasteiger partial charge in [0.25, 0.3) is 0 Å². The van der Waals surface area contributed by atoms with E-state index in [1.807, 2.05) is 30.7 Å². The maximum atomic E-state index is 5.17. The normalized spacial score (nSPS) is 21.0. The molecule has 6 rings (SSSR count). The molecule has 174 valence electrons. The van der Waals surface area contributed by atoms with Crippen LogP contribution in [0.4, 0.5) is 11.8 Å². The Kier molecular flexibility index (Phi) is 5.21. The smallest absolute Gasteiger partial charge is 0.212 e. The highest BCUT2D eigenvalue weighted by molar-refractivity contribution is 5.68. The van der Waals surface area contributed by atoms with Gasteiger partial charge in [-0.15, -0.1) is 0 Å². The second-order valence-electron chi connectivity index (χ2n) is 9.79. The van der Waals surface area contributed by atoms with Crippen LogP contribution in [0.2, 0.25) is 0 Å². The molecule has 2 saturated heterocycles. The number of likely N-dealkylation sites (tertiary alicyclic amines) is 1. The quantitative estimate of drug-likeness (QED) is 0.459. The van der Waals surface area contributed by atoms with E-state index in [9.17, 15) is 0 Å². The molecule has 2 aliphatic heterocycles. The highest BCUT2D eigenvalue weighted by Gasteiger charge is 2.45. The lowest BCUT2D eigenvalue weighted by molar-refractivity contribution is 0.190. The highest BCUT2D eigenvalue weighted by Crippen LogP contribution is 2.36. The van der Waals surface area contributed by atoms with Gasteiger partial charge in [0.1, 0.15) is 11.5 Å². The first-order valence-electron chi connectivity index (χ1n) is 12.2. The van der Waals surface area contributed by atoms with E-state index in [0.29, 0.717) is 18.1 Å². The first-order valence-corrected chi connectivity index (χ1v) is 12.2. The number of pyridine rings is 1. The molecule has 7 nitrogen and oxygen atoms in total. The summed E-state index contributed by atoms with van der Waals surface area (Å²) < 4.78 is 2.13. The molecular weight excluding hydrogens is 422 g/mol. The third kappa shape index (κ3) is 3.70. The van der Waals surface area contributed by atoms with Crippen molar-refractivity contribution in [3.8, 4) is 11.3 Å². The number of piperazine rings is 1. The van der Waals surface area contributed by atoms with Crippen molar-refractivity contribution in [3.05, 3.63) is 72.7 Å². The van der Waals surface area contributed by atoms with Crippen molar-refractivity contribution < 1.29 is 0 Å². The topological polar surface area (TPSA) is 61.6 Å². The first kappa shape index (κ1) is 21.1. The van der Waals surface area contributed by atoms with Crippen molar-refractivity contribution in [2.24, 2.45) is 0 Å². The van der Waals surface area contributed by atoms with Crippen molar-refractivity contribution in [1.82, 2.24) is 24.3 Å². The average Bonchev–Trinajstić information content (AvgIpc) is 3.60. The van der Waals surface area contributed by atoms with Gasteiger partial charge in [0.05, 0.1) is 5.69 Å². The Bertz CT molecular complexity index is 1300. The molecule has 0 saturated carbocycles. The molecule has 34 heavy (non-hydrogen) atoms. The fraction of sp³-hybridized carbons (Fsp3) is 0.370. The molecule has 0 spiro atoms. The molecule has 5 heterocycles. The van der Waals surface area contributed by atoms with Gasteiger partial charge < -0.3 is 10.2 Å². The lowest BCUT2D eigenvalue weighted by atomic mass is 10.1. The number of fused-ring (bicyclic) bond motifs is 3. The fourth-order valence-corrected chi connectivity index (χ4v) is 5.55. The minimum absolute atomic E-state index is 0.159. The Morgan fingerprint density at radius 3 is 2.56 bits per heavy atom. The van der Waals surface area contributed by atoms with Crippen molar-refractivity contribution in [2.45, 2.75) is 51.4 Å². The van der Waals surface area contributed by atoms with E-state index in [1.54, 1.807) is 0 Å².